The van der Waals surface area contributed by atoms with Gasteiger partial charge in [-0.15, -0.1) is 0 Å². The predicted octanol–water partition coefficient (Wildman–Crippen LogP) is 2.14. The molecule has 2 unspecified atom stereocenters. The second-order valence-corrected chi connectivity index (χ2v) is 5.12. The third kappa shape index (κ3) is 1.97. The lowest BCUT2D eigenvalue weighted by Crippen LogP contribution is -2.35. The van der Waals surface area contributed by atoms with E-state index in [0.717, 1.165) is 24.1 Å². The van der Waals surface area contributed by atoms with Crippen LogP contribution in [0.4, 0.5) is 11.6 Å². The van der Waals surface area contributed by atoms with Gasteiger partial charge in [0, 0.05) is 12.6 Å². The fourth-order valence-corrected chi connectivity index (χ4v) is 3.35. The summed E-state index contributed by atoms with van der Waals surface area (Å²) in [5, 5.41) is 0. The minimum atomic E-state index is 0.712. The van der Waals surface area contributed by atoms with Gasteiger partial charge >= 0.3 is 0 Å². The Balaban J connectivity index is 1.83. The van der Waals surface area contributed by atoms with Gasteiger partial charge in [0.15, 0.2) is 0 Å². The topological polar surface area (TPSA) is 54.2 Å². The van der Waals surface area contributed by atoms with E-state index < -0.39 is 0 Å². The maximum atomic E-state index is 5.42. The predicted molar refractivity (Wildman–Crippen MR) is 69.8 cm³/mol. The van der Waals surface area contributed by atoms with E-state index in [1.165, 1.54) is 32.1 Å². The summed E-state index contributed by atoms with van der Waals surface area (Å²) in [6, 6.07) is 6.73. The molecule has 3 N–H and O–H groups in total. The lowest BCUT2D eigenvalue weighted by atomic mass is 9.85. The van der Waals surface area contributed by atoms with Gasteiger partial charge in [-0.1, -0.05) is 18.9 Å². The third-order valence-corrected chi connectivity index (χ3v) is 4.19. The number of nitrogens with zero attached hydrogens (tertiary/aromatic N) is 2. The van der Waals surface area contributed by atoms with E-state index in [0.29, 0.717) is 6.04 Å². The van der Waals surface area contributed by atoms with Crippen LogP contribution in [0.1, 0.15) is 32.1 Å². The van der Waals surface area contributed by atoms with Crippen molar-refractivity contribution in [3.05, 3.63) is 18.2 Å². The summed E-state index contributed by atoms with van der Waals surface area (Å²) in [5.74, 6) is 8.14. The summed E-state index contributed by atoms with van der Waals surface area (Å²) in [4.78, 5) is 7.03. The molecule has 2 atom stereocenters. The van der Waals surface area contributed by atoms with Crippen LogP contribution in [0.2, 0.25) is 0 Å². The van der Waals surface area contributed by atoms with Crippen LogP contribution in [0.5, 0.6) is 0 Å². The lowest BCUT2D eigenvalue weighted by molar-refractivity contribution is 0.341. The van der Waals surface area contributed by atoms with Crippen LogP contribution in [0.3, 0.4) is 0 Å². The van der Waals surface area contributed by atoms with Gasteiger partial charge in [0.1, 0.15) is 11.6 Å². The summed E-state index contributed by atoms with van der Waals surface area (Å²) in [5.41, 5.74) is 2.63. The summed E-state index contributed by atoms with van der Waals surface area (Å²) < 4.78 is 0. The molecule has 3 rings (SSSR count). The molecule has 1 aliphatic heterocycles. The smallest absolute Gasteiger partial charge is 0.142 e. The highest BCUT2D eigenvalue weighted by Crippen LogP contribution is 2.38. The van der Waals surface area contributed by atoms with Crippen LogP contribution in [-0.4, -0.2) is 17.6 Å². The minimum absolute atomic E-state index is 0.712. The van der Waals surface area contributed by atoms with Crippen molar-refractivity contribution in [1.82, 2.24) is 4.98 Å². The molecule has 4 heteroatoms. The standard InChI is InChI=1S/C13H20N4/c14-16-12-6-3-7-13(15-12)17-9-8-10-4-1-2-5-11(10)17/h3,6-7,10-11H,1-2,4-5,8-9,14H2,(H,15,16). The summed E-state index contributed by atoms with van der Waals surface area (Å²) in [7, 11) is 0. The molecule has 0 bridgehead atoms. The minimum Gasteiger partial charge on any atom is -0.353 e. The van der Waals surface area contributed by atoms with Gasteiger partial charge in [-0.05, 0) is 37.3 Å². The Kier molecular flexibility index (Phi) is 2.89. The molecule has 17 heavy (non-hydrogen) atoms. The number of hydrogen-bond donors (Lipinski definition) is 2. The van der Waals surface area contributed by atoms with Crippen molar-refractivity contribution in [2.45, 2.75) is 38.1 Å². The van der Waals surface area contributed by atoms with Crippen molar-refractivity contribution in [3.8, 4) is 0 Å². The van der Waals surface area contributed by atoms with E-state index in [2.05, 4.69) is 21.4 Å². The molecule has 1 aromatic rings. The molecule has 0 amide bonds. The van der Waals surface area contributed by atoms with Crippen molar-refractivity contribution in [1.29, 1.82) is 0 Å². The number of nitrogens with one attached hydrogen (secondary N) is 1. The molecule has 1 aliphatic carbocycles. The fourth-order valence-electron chi connectivity index (χ4n) is 3.35. The van der Waals surface area contributed by atoms with Gasteiger partial charge in [0.2, 0.25) is 0 Å². The molecule has 1 saturated heterocycles. The number of fused-ring (bicyclic) bond motifs is 1. The zero-order chi connectivity index (χ0) is 11.7. The number of rotatable bonds is 2. The van der Waals surface area contributed by atoms with Gasteiger partial charge < -0.3 is 10.3 Å². The first-order valence-corrected chi connectivity index (χ1v) is 6.59. The second-order valence-electron chi connectivity index (χ2n) is 5.12. The molecule has 1 saturated carbocycles. The number of aromatic nitrogens is 1. The first-order valence-electron chi connectivity index (χ1n) is 6.59. The molecule has 2 heterocycles. The van der Waals surface area contributed by atoms with Crippen molar-refractivity contribution in [2.24, 2.45) is 11.8 Å². The lowest BCUT2D eigenvalue weighted by Gasteiger charge is -2.32. The van der Waals surface area contributed by atoms with Gasteiger partial charge in [-0.25, -0.2) is 10.8 Å². The van der Waals surface area contributed by atoms with Gasteiger partial charge in [-0.2, -0.15) is 0 Å². The number of anilines is 2. The number of nitrogens with two attached hydrogens (primary N) is 1. The first kappa shape index (κ1) is 10.8. The second kappa shape index (κ2) is 4.53. The number of hydrazine groups is 1. The molecular formula is C13H20N4. The van der Waals surface area contributed by atoms with Crippen molar-refractivity contribution >= 4 is 11.6 Å². The Morgan fingerprint density at radius 1 is 1.24 bits per heavy atom. The van der Waals surface area contributed by atoms with Crippen LogP contribution < -0.4 is 16.2 Å². The van der Waals surface area contributed by atoms with Gasteiger partial charge in [-0.3, -0.25) is 0 Å². The molecule has 4 nitrogen and oxygen atoms in total. The van der Waals surface area contributed by atoms with Crippen LogP contribution in [0.25, 0.3) is 0 Å². The summed E-state index contributed by atoms with van der Waals surface area (Å²) >= 11 is 0. The van der Waals surface area contributed by atoms with Crippen LogP contribution in [-0.2, 0) is 0 Å². The number of nitrogen functional groups attached to an aromatic ring is 1. The van der Waals surface area contributed by atoms with Crippen LogP contribution >= 0.6 is 0 Å². The SMILES string of the molecule is NNc1cccc(N2CCC3CCCCC32)n1. The molecule has 0 aromatic carbocycles. The molecule has 1 aromatic heterocycles. The average Bonchev–Trinajstić information content (AvgIpc) is 2.82. The van der Waals surface area contributed by atoms with E-state index in [9.17, 15) is 0 Å². The molecule has 2 fully saturated rings. The highest BCUT2D eigenvalue weighted by atomic mass is 15.3. The molecule has 0 radical (unpaired) electrons. The zero-order valence-corrected chi connectivity index (χ0v) is 10.1. The first-order chi connectivity index (χ1) is 8.38. The fraction of sp³-hybridized carbons (Fsp3) is 0.615. The van der Waals surface area contributed by atoms with E-state index in [4.69, 9.17) is 5.84 Å². The van der Waals surface area contributed by atoms with E-state index >= 15 is 0 Å². The van der Waals surface area contributed by atoms with E-state index in [-0.39, 0.29) is 0 Å². The van der Waals surface area contributed by atoms with Crippen molar-refractivity contribution in [2.75, 3.05) is 16.9 Å². The highest BCUT2D eigenvalue weighted by molar-refractivity contribution is 5.48. The summed E-state index contributed by atoms with van der Waals surface area (Å²) in [6.07, 6.45) is 6.83. The number of hydrogen-bond acceptors (Lipinski definition) is 4. The maximum absolute atomic E-state index is 5.42. The van der Waals surface area contributed by atoms with Crippen LogP contribution in [0, 0.1) is 5.92 Å². The van der Waals surface area contributed by atoms with Crippen molar-refractivity contribution in [3.63, 3.8) is 0 Å². The van der Waals surface area contributed by atoms with Gasteiger partial charge in [0.25, 0.3) is 0 Å². The Morgan fingerprint density at radius 2 is 2.12 bits per heavy atom. The van der Waals surface area contributed by atoms with Crippen LogP contribution in [0.15, 0.2) is 18.2 Å². The quantitative estimate of drug-likeness (QED) is 0.606. The Hall–Kier alpha value is -1.29. The summed E-state index contributed by atoms with van der Waals surface area (Å²) in [6.45, 7) is 1.15. The van der Waals surface area contributed by atoms with E-state index in [1.54, 1.807) is 0 Å². The molecular weight excluding hydrogens is 212 g/mol. The highest BCUT2D eigenvalue weighted by Gasteiger charge is 2.36. The normalized spacial score (nSPS) is 27.9. The number of pyridine rings is 1. The molecule has 0 spiro atoms. The average molecular weight is 232 g/mol. The largest absolute Gasteiger partial charge is 0.353 e. The Labute approximate surface area is 102 Å². The third-order valence-electron chi connectivity index (χ3n) is 4.19. The monoisotopic (exact) mass is 232 g/mol. The molecule has 2 aliphatic rings. The maximum Gasteiger partial charge on any atom is 0.142 e. The molecule has 92 valence electrons. The zero-order valence-electron chi connectivity index (χ0n) is 10.1. The van der Waals surface area contributed by atoms with E-state index in [1.807, 2.05) is 12.1 Å². The van der Waals surface area contributed by atoms with Crippen molar-refractivity contribution < 1.29 is 0 Å². The Bertz CT molecular complexity index is 393. The van der Waals surface area contributed by atoms with Gasteiger partial charge in [0.05, 0.1) is 0 Å². The Morgan fingerprint density at radius 3 is 3.00 bits per heavy atom.